The van der Waals surface area contributed by atoms with Crippen LogP contribution < -0.4 is 0 Å². The van der Waals surface area contributed by atoms with Crippen molar-refractivity contribution in [2.45, 2.75) is 18.6 Å². The number of piperidine rings is 1. The van der Waals surface area contributed by atoms with Gasteiger partial charge in [-0.3, -0.25) is 4.90 Å². The summed E-state index contributed by atoms with van der Waals surface area (Å²) >= 11 is 0. The molecule has 2 aliphatic heterocycles. The van der Waals surface area contributed by atoms with Crippen molar-refractivity contribution in [3.05, 3.63) is 11.6 Å². The Kier molecular flexibility index (Phi) is 2.67. The predicted molar refractivity (Wildman–Crippen MR) is 54.7 cm³/mol. The molecule has 5 nitrogen and oxygen atoms in total. The maximum atomic E-state index is 10.8. The Bertz CT molecular complexity index is 303. The fraction of sp³-hybridized carbons (Fsp3) is 0.700. The molecule has 0 aromatic carbocycles. The van der Waals surface area contributed by atoms with Gasteiger partial charge < -0.3 is 15.1 Å². The summed E-state index contributed by atoms with van der Waals surface area (Å²) in [6, 6.07) is 0.00866. The molecule has 5 heteroatoms. The number of hydrogen-bond donors (Lipinski definition) is 2. The number of rotatable bonds is 0. The van der Waals surface area contributed by atoms with E-state index in [4.69, 9.17) is 5.11 Å². The molecule has 0 bridgehead atoms. The SMILES string of the molecule is CN1CCC=C2CN(C(=O)O)CC(O)C21. The number of aliphatic hydroxyl groups excluding tert-OH is 1. The van der Waals surface area contributed by atoms with Gasteiger partial charge >= 0.3 is 6.09 Å². The smallest absolute Gasteiger partial charge is 0.407 e. The second kappa shape index (κ2) is 3.83. The minimum absolute atomic E-state index is 0.00866. The van der Waals surface area contributed by atoms with Crippen molar-refractivity contribution in [2.75, 3.05) is 26.7 Å². The molecule has 0 spiro atoms. The Morgan fingerprint density at radius 1 is 1.60 bits per heavy atom. The summed E-state index contributed by atoms with van der Waals surface area (Å²) in [6.45, 7) is 1.57. The Balaban J connectivity index is 2.18. The number of amides is 1. The standard InChI is InChI=1S/C10H16N2O3/c1-11-4-2-3-7-5-12(10(14)15)6-8(13)9(7)11/h3,8-9,13H,2,4-6H2,1H3,(H,14,15). The third-order valence-corrected chi connectivity index (χ3v) is 3.16. The molecular formula is C10H16N2O3. The van der Waals surface area contributed by atoms with Gasteiger partial charge in [-0.05, 0) is 19.0 Å². The molecule has 1 fully saturated rings. The molecule has 2 heterocycles. The highest BCUT2D eigenvalue weighted by molar-refractivity contribution is 5.66. The summed E-state index contributed by atoms with van der Waals surface area (Å²) in [6.07, 6.45) is 1.43. The second-order valence-electron chi connectivity index (χ2n) is 4.22. The number of aliphatic hydroxyl groups is 1. The maximum absolute atomic E-state index is 10.8. The van der Waals surface area contributed by atoms with Gasteiger partial charge in [0.1, 0.15) is 0 Å². The van der Waals surface area contributed by atoms with E-state index >= 15 is 0 Å². The van der Waals surface area contributed by atoms with E-state index in [1.54, 1.807) is 0 Å². The van der Waals surface area contributed by atoms with Gasteiger partial charge in [0, 0.05) is 13.1 Å². The van der Waals surface area contributed by atoms with Crippen LogP contribution in [-0.4, -0.2) is 64.9 Å². The zero-order valence-electron chi connectivity index (χ0n) is 8.76. The first-order chi connectivity index (χ1) is 7.09. The molecule has 0 aromatic rings. The van der Waals surface area contributed by atoms with Crippen LogP contribution in [0.25, 0.3) is 0 Å². The topological polar surface area (TPSA) is 64.0 Å². The first-order valence-electron chi connectivity index (χ1n) is 5.14. The number of carbonyl (C=O) groups is 1. The van der Waals surface area contributed by atoms with Crippen LogP contribution in [0, 0.1) is 0 Å². The Morgan fingerprint density at radius 3 is 3.00 bits per heavy atom. The zero-order chi connectivity index (χ0) is 11.0. The molecule has 1 saturated heterocycles. The highest BCUT2D eigenvalue weighted by Gasteiger charge is 2.37. The predicted octanol–water partition coefficient (Wildman–Crippen LogP) is -0.0286. The largest absolute Gasteiger partial charge is 0.465 e. The van der Waals surface area contributed by atoms with Crippen molar-refractivity contribution in [3.63, 3.8) is 0 Å². The number of β-amino-alcohol motifs (C(OH)–C–C–N with tert-alkyl or cyclic N) is 1. The summed E-state index contributed by atoms with van der Waals surface area (Å²) in [5.74, 6) is 0. The van der Waals surface area contributed by atoms with Gasteiger partial charge in [-0.25, -0.2) is 4.79 Å². The molecule has 15 heavy (non-hydrogen) atoms. The lowest BCUT2D eigenvalue weighted by molar-refractivity contribution is 0.0240. The summed E-state index contributed by atoms with van der Waals surface area (Å²) < 4.78 is 0. The fourth-order valence-corrected chi connectivity index (χ4v) is 2.45. The van der Waals surface area contributed by atoms with Gasteiger partial charge in [0.05, 0.1) is 18.7 Å². The average Bonchev–Trinajstić information content (AvgIpc) is 2.17. The van der Waals surface area contributed by atoms with Crippen LogP contribution >= 0.6 is 0 Å². The van der Waals surface area contributed by atoms with E-state index in [9.17, 15) is 9.90 Å². The van der Waals surface area contributed by atoms with Crippen molar-refractivity contribution in [1.82, 2.24) is 9.80 Å². The molecule has 2 unspecified atom stereocenters. The third-order valence-electron chi connectivity index (χ3n) is 3.16. The highest BCUT2D eigenvalue weighted by Crippen LogP contribution is 2.25. The van der Waals surface area contributed by atoms with Gasteiger partial charge in [0.2, 0.25) is 0 Å². The average molecular weight is 212 g/mol. The van der Waals surface area contributed by atoms with E-state index in [1.165, 1.54) is 4.90 Å². The molecule has 2 rings (SSSR count). The van der Waals surface area contributed by atoms with Crippen molar-refractivity contribution >= 4 is 6.09 Å². The summed E-state index contributed by atoms with van der Waals surface area (Å²) in [4.78, 5) is 14.2. The van der Waals surface area contributed by atoms with Gasteiger partial charge in [0.15, 0.2) is 0 Å². The minimum atomic E-state index is -0.957. The molecule has 2 N–H and O–H groups in total. The van der Waals surface area contributed by atoms with Gasteiger partial charge in [-0.2, -0.15) is 0 Å². The fourth-order valence-electron chi connectivity index (χ4n) is 2.45. The molecule has 2 aliphatic rings. The van der Waals surface area contributed by atoms with E-state index in [1.807, 2.05) is 7.05 Å². The summed E-state index contributed by atoms with van der Waals surface area (Å²) in [5.41, 5.74) is 1.03. The molecule has 1 amide bonds. The lowest BCUT2D eigenvalue weighted by Crippen LogP contribution is -2.57. The quantitative estimate of drug-likeness (QED) is 0.553. The number of fused-ring (bicyclic) bond motifs is 1. The molecule has 0 radical (unpaired) electrons. The normalized spacial score (nSPS) is 32.1. The van der Waals surface area contributed by atoms with E-state index in [0.717, 1.165) is 18.5 Å². The molecule has 0 aromatic heterocycles. The van der Waals surface area contributed by atoms with E-state index in [2.05, 4.69) is 11.0 Å². The van der Waals surface area contributed by atoms with Crippen LogP contribution in [0.4, 0.5) is 4.79 Å². The van der Waals surface area contributed by atoms with Crippen LogP contribution in [0.15, 0.2) is 11.6 Å². The Labute approximate surface area is 88.6 Å². The zero-order valence-corrected chi connectivity index (χ0v) is 8.76. The second-order valence-corrected chi connectivity index (χ2v) is 4.22. The van der Waals surface area contributed by atoms with Crippen molar-refractivity contribution < 1.29 is 15.0 Å². The number of nitrogens with zero attached hydrogens (tertiary/aromatic N) is 2. The Hall–Kier alpha value is -1.07. The van der Waals surface area contributed by atoms with Crippen molar-refractivity contribution in [3.8, 4) is 0 Å². The molecule has 84 valence electrons. The molecule has 0 saturated carbocycles. The van der Waals surface area contributed by atoms with Crippen molar-refractivity contribution in [2.24, 2.45) is 0 Å². The molecule has 2 atom stereocenters. The van der Waals surface area contributed by atoms with Gasteiger partial charge in [-0.1, -0.05) is 6.08 Å². The number of likely N-dealkylation sites (tertiary alicyclic amines) is 1. The maximum Gasteiger partial charge on any atom is 0.407 e. The monoisotopic (exact) mass is 212 g/mol. The van der Waals surface area contributed by atoms with E-state index in [0.29, 0.717) is 6.54 Å². The van der Waals surface area contributed by atoms with Gasteiger partial charge in [-0.15, -0.1) is 0 Å². The molecule has 0 aliphatic carbocycles. The van der Waals surface area contributed by atoms with Crippen LogP contribution in [0.2, 0.25) is 0 Å². The first kappa shape index (κ1) is 10.4. The number of carboxylic acid groups (broad SMARTS) is 1. The first-order valence-corrected chi connectivity index (χ1v) is 5.14. The highest BCUT2D eigenvalue weighted by atomic mass is 16.4. The van der Waals surface area contributed by atoms with Crippen LogP contribution in [-0.2, 0) is 0 Å². The third kappa shape index (κ3) is 1.85. The van der Waals surface area contributed by atoms with E-state index < -0.39 is 12.2 Å². The minimum Gasteiger partial charge on any atom is -0.465 e. The number of hydrogen-bond acceptors (Lipinski definition) is 3. The van der Waals surface area contributed by atoms with E-state index in [-0.39, 0.29) is 12.6 Å². The van der Waals surface area contributed by atoms with Crippen molar-refractivity contribution in [1.29, 1.82) is 0 Å². The number of likely N-dealkylation sites (N-methyl/N-ethyl adjacent to an activating group) is 1. The lowest BCUT2D eigenvalue weighted by atomic mass is 9.91. The van der Waals surface area contributed by atoms with Crippen LogP contribution in [0.3, 0.4) is 0 Å². The van der Waals surface area contributed by atoms with Crippen LogP contribution in [0.1, 0.15) is 6.42 Å². The Morgan fingerprint density at radius 2 is 2.33 bits per heavy atom. The summed E-state index contributed by atoms with van der Waals surface area (Å²) in [5, 5.41) is 18.8. The van der Waals surface area contributed by atoms with Gasteiger partial charge in [0.25, 0.3) is 0 Å². The lowest BCUT2D eigenvalue weighted by Gasteiger charge is -2.43. The van der Waals surface area contributed by atoms with Crippen LogP contribution in [0.5, 0.6) is 0 Å². The molecular weight excluding hydrogens is 196 g/mol. The summed E-state index contributed by atoms with van der Waals surface area (Å²) in [7, 11) is 1.97.